The predicted octanol–water partition coefficient (Wildman–Crippen LogP) is -0.860. The number of hydrogen-bond donors (Lipinski definition) is 4. The number of aliphatic hydroxyl groups is 2. The summed E-state index contributed by atoms with van der Waals surface area (Å²) < 4.78 is 0. The maximum absolute atomic E-state index is 13.6. The largest absolute Gasteiger partial charge is 0.507 e. The molecule has 3 aliphatic carbocycles. The van der Waals surface area contributed by atoms with E-state index in [4.69, 9.17) is 5.73 Å². The van der Waals surface area contributed by atoms with Gasteiger partial charge in [0.25, 0.3) is 5.91 Å². The summed E-state index contributed by atoms with van der Waals surface area (Å²) >= 11 is 0. The molecule has 5 N–H and O–H groups in total. The lowest BCUT2D eigenvalue weighted by molar-refractivity contribution is -0.175. The number of aromatic hydroxyl groups is 1. The van der Waals surface area contributed by atoms with Gasteiger partial charge in [-0.2, -0.15) is 0 Å². The molecular weight excluding hydrogens is 404 g/mol. The number of carbonyl (C=O) groups is 4. The van der Waals surface area contributed by atoms with Crippen LogP contribution >= 0.6 is 0 Å². The van der Waals surface area contributed by atoms with Gasteiger partial charge in [-0.25, -0.2) is 0 Å². The Kier molecular flexibility index (Phi) is 4.69. The maximum Gasteiger partial charge on any atom is 0.252 e. The summed E-state index contributed by atoms with van der Waals surface area (Å²) in [6.07, 6.45) is -0.633. The Morgan fingerprint density at radius 1 is 1.16 bits per heavy atom. The van der Waals surface area contributed by atoms with Crippen molar-refractivity contribution in [2.24, 2.45) is 23.5 Å². The summed E-state index contributed by atoms with van der Waals surface area (Å²) in [6.45, 7) is 1.73. The van der Waals surface area contributed by atoms with Crippen LogP contribution in [-0.2, 0) is 14.4 Å². The van der Waals surface area contributed by atoms with E-state index in [9.17, 15) is 34.5 Å². The van der Waals surface area contributed by atoms with Crippen molar-refractivity contribution in [3.63, 3.8) is 0 Å². The zero-order chi connectivity index (χ0) is 23.0. The number of likely N-dealkylation sites (N-methyl/N-ethyl adjacent to an activating group) is 1. The number of hydrogen-bond acceptors (Lipinski definition) is 8. The van der Waals surface area contributed by atoms with Crippen molar-refractivity contribution < 1.29 is 34.5 Å². The molecule has 164 valence electrons. The summed E-state index contributed by atoms with van der Waals surface area (Å²) in [4.78, 5) is 53.1. The van der Waals surface area contributed by atoms with Crippen LogP contribution in [-0.4, -0.2) is 75.3 Å². The highest BCUT2D eigenvalue weighted by molar-refractivity contribution is 6.24. The van der Waals surface area contributed by atoms with Gasteiger partial charge in [-0.05, 0) is 37.7 Å². The van der Waals surface area contributed by atoms with Gasteiger partial charge < -0.3 is 21.1 Å². The molecule has 0 saturated heterocycles. The van der Waals surface area contributed by atoms with Crippen molar-refractivity contribution in [3.8, 4) is 5.75 Å². The number of Topliss-reactive ketones (excluding diaryl/α,β-unsaturated/α-hetero) is 3. The number of benzene rings is 1. The van der Waals surface area contributed by atoms with Crippen molar-refractivity contribution in [2.75, 3.05) is 14.1 Å². The van der Waals surface area contributed by atoms with Crippen LogP contribution < -0.4 is 5.73 Å². The van der Waals surface area contributed by atoms with Crippen molar-refractivity contribution in [2.45, 2.75) is 30.6 Å². The van der Waals surface area contributed by atoms with Crippen molar-refractivity contribution in [3.05, 3.63) is 41.0 Å². The maximum atomic E-state index is 13.6. The fourth-order valence-corrected chi connectivity index (χ4v) is 5.69. The number of amides is 1. The lowest BCUT2D eigenvalue weighted by atomic mass is 9.51. The first kappa shape index (κ1) is 21.4. The van der Waals surface area contributed by atoms with Crippen LogP contribution in [0, 0.1) is 17.8 Å². The Bertz CT molecular complexity index is 1060. The zero-order valence-corrected chi connectivity index (χ0v) is 17.3. The van der Waals surface area contributed by atoms with Crippen molar-refractivity contribution in [1.82, 2.24) is 4.90 Å². The highest BCUT2D eigenvalue weighted by Gasteiger charge is 2.67. The SMILES string of the molecule is C[C@H]1c2cccc(O)c2C(=O)C2C(=O)[C@]3(O)C=C(C(N)=O)C(=O)[C@@H](N(C)C)[C@@H]3[C@@H](O)[C@@H]21. The Morgan fingerprint density at radius 3 is 2.39 bits per heavy atom. The number of primary amides is 1. The monoisotopic (exact) mass is 428 g/mol. The van der Waals surface area contributed by atoms with Gasteiger partial charge >= 0.3 is 0 Å². The van der Waals surface area contributed by atoms with E-state index in [0.29, 0.717) is 5.56 Å². The van der Waals surface area contributed by atoms with Crippen LogP contribution in [0.4, 0.5) is 0 Å². The number of aliphatic hydroxyl groups excluding tert-OH is 1. The first-order valence-corrected chi connectivity index (χ1v) is 9.97. The summed E-state index contributed by atoms with van der Waals surface area (Å²) in [6, 6.07) is 3.34. The van der Waals surface area contributed by atoms with Crippen LogP contribution in [0.1, 0.15) is 28.8 Å². The second-order valence-corrected chi connectivity index (χ2v) is 8.85. The molecule has 31 heavy (non-hydrogen) atoms. The molecule has 4 rings (SSSR count). The minimum atomic E-state index is -2.45. The summed E-state index contributed by atoms with van der Waals surface area (Å²) in [5.74, 6) is -7.93. The van der Waals surface area contributed by atoms with Gasteiger partial charge in [0.2, 0.25) is 0 Å². The van der Waals surface area contributed by atoms with Gasteiger partial charge in [0, 0.05) is 11.8 Å². The quantitative estimate of drug-likeness (QED) is 0.350. The molecule has 0 bridgehead atoms. The van der Waals surface area contributed by atoms with Gasteiger partial charge in [0.05, 0.1) is 29.2 Å². The second kappa shape index (κ2) is 6.81. The summed E-state index contributed by atoms with van der Waals surface area (Å²) in [5.41, 5.74) is 2.78. The van der Waals surface area contributed by atoms with Crippen LogP contribution in [0.2, 0.25) is 0 Å². The molecule has 1 aromatic carbocycles. The van der Waals surface area contributed by atoms with E-state index in [2.05, 4.69) is 0 Å². The van der Waals surface area contributed by atoms with Crippen molar-refractivity contribution >= 4 is 23.3 Å². The highest BCUT2D eigenvalue weighted by Crippen LogP contribution is 2.53. The first-order chi connectivity index (χ1) is 14.4. The molecule has 9 heteroatoms. The predicted molar refractivity (Wildman–Crippen MR) is 107 cm³/mol. The molecule has 1 unspecified atom stereocenters. The minimum absolute atomic E-state index is 0.0194. The number of carbonyl (C=O) groups excluding carboxylic acids is 4. The molecule has 1 saturated carbocycles. The fraction of sp³-hybridized carbons (Fsp3) is 0.455. The average Bonchev–Trinajstić information content (AvgIpc) is 2.69. The van der Waals surface area contributed by atoms with Crippen LogP contribution in [0.3, 0.4) is 0 Å². The number of fused-ring (bicyclic) bond motifs is 3. The van der Waals surface area contributed by atoms with Gasteiger partial charge in [0.15, 0.2) is 17.3 Å². The summed E-state index contributed by atoms with van der Waals surface area (Å²) in [7, 11) is 3.05. The van der Waals surface area contributed by atoms with E-state index in [1.165, 1.54) is 25.1 Å². The van der Waals surface area contributed by atoms with Gasteiger partial charge in [0.1, 0.15) is 11.4 Å². The average molecular weight is 428 g/mol. The third-order valence-electron chi connectivity index (χ3n) is 7.06. The van der Waals surface area contributed by atoms with Crippen molar-refractivity contribution in [1.29, 1.82) is 0 Å². The number of rotatable bonds is 2. The Morgan fingerprint density at radius 2 is 1.81 bits per heavy atom. The molecular formula is C22H24N2O7. The number of phenols is 1. The first-order valence-electron chi connectivity index (χ1n) is 9.97. The Balaban J connectivity index is 1.96. The van der Waals surface area contributed by atoms with Crippen LogP contribution in [0.25, 0.3) is 0 Å². The van der Waals surface area contributed by atoms with E-state index in [1.54, 1.807) is 19.1 Å². The number of ketones is 3. The van der Waals surface area contributed by atoms with Gasteiger partial charge in [-0.3, -0.25) is 24.1 Å². The highest BCUT2D eigenvalue weighted by atomic mass is 16.3. The molecule has 1 aromatic rings. The molecule has 3 aliphatic rings. The van der Waals surface area contributed by atoms with E-state index in [-0.39, 0.29) is 11.3 Å². The second-order valence-electron chi connectivity index (χ2n) is 8.85. The molecule has 9 nitrogen and oxygen atoms in total. The molecule has 0 aromatic heterocycles. The molecule has 0 aliphatic heterocycles. The lowest BCUT2D eigenvalue weighted by Gasteiger charge is -2.54. The third-order valence-corrected chi connectivity index (χ3v) is 7.06. The van der Waals surface area contributed by atoms with E-state index >= 15 is 0 Å². The Hall–Kier alpha value is -2.88. The van der Waals surface area contributed by atoms with Gasteiger partial charge in [-0.15, -0.1) is 0 Å². The zero-order valence-electron chi connectivity index (χ0n) is 17.3. The fourth-order valence-electron chi connectivity index (χ4n) is 5.69. The van der Waals surface area contributed by atoms with E-state index in [0.717, 1.165) is 6.08 Å². The molecule has 0 spiro atoms. The summed E-state index contributed by atoms with van der Waals surface area (Å²) in [5, 5.41) is 33.1. The topological polar surface area (TPSA) is 158 Å². The normalized spacial score (nSPS) is 37.1. The number of nitrogens with zero attached hydrogens (tertiary/aromatic N) is 1. The molecule has 0 radical (unpaired) electrons. The number of nitrogens with two attached hydrogens (primary N) is 1. The van der Waals surface area contributed by atoms with E-state index < -0.39 is 70.2 Å². The standard InChI is InChI=1S/C22H24N2O7/c1-8-9-5-4-6-11(25)13(9)18(27)14-12(8)19(28)15-16(24(2)3)17(26)10(21(23)30)7-22(15,31)20(14)29/h4-8,12,14-16,19,25,28,31H,1-3H3,(H2,23,30)/t8-,12+,14?,15+,16-,19-,22-/m0/s1. The lowest BCUT2D eigenvalue weighted by Crippen LogP contribution is -2.71. The molecule has 0 heterocycles. The van der Waals surface area contributed by atoms with E-state index in [1.807, 2.05) is 0 Å². The van der Waals surface area contributed by atoms with Gasteiger partial charge in [-0.1, -0.05) is 19.1 Å². The molecule has 1 amide bonds. The van der Waals surface area contributed by atoms with Crippen LogP contribution in [0.5, 0.6) is 5.75 Å². The molecule has 7 atom stereocenters. The Labute approximate surface area is 178 Å². The minimum Gasteiger partial charge on any atom is -0.507 e. The van der Waals surface area contributed by atoms with Crippen LogP contribution in [0.15, 0.2) is 29.8 Å². The third kappa shape index (κ3) is 2.67. The smallest absolute Gasteiger partial charge is 0.252 e. The molecule has 1 fully saturated rings. The number of phenolic OH excluding ortho intramolecular Hbond substituents is 1.